The summed E-state index contributed by atoms with van der Waals surface area (Å²) in [5.41, 5.74) is 3.36. The highest BCUT2D eigenvalue weighted by Crippen LogP contribution is 2.22. The highest BCUT2D eigenvalue weighted by atomic mass is 35.5. The first-order chi connectivity index (χ1) is 10.6. The lowest BCUT2D eigenvalue weighted by Gasteiger charge is -2.05. The molecule has 112 valence electrons. The molecule has 0 bridgehead atoms. The van der Waals surface area contributed by atoms with Gasteiger partial charge in [0.05, 0.1) is 0 Å². The highest BCUT2D eigenvalue weighted by Gasteiger charge is 2.09. The van der Waals surface area contributed by atoms with Gasteiger partial charge in [0.2, 0.25) is 0 Å². The summed E-state index contributed by atoms with van der Waals surface area (Å²) in [6.45, 7) is 2.45. The van der Waals surface area contributed by atoms with Gasteiger partial charge in [-0.3, -0.25) is 5.32 Å². The molecule has 0 aliphatic rings. The van der Waals surface area contributed by atoms with Gasteiger partial charge in [-0.25, -0.2) is 4.79 Å². The van der Waals surface area contributed by atoms with Gasteiger partial charge in [-0.1, -0.05) is 41.4 Å². The molecule has 0 radical (unpaired) electrons. The molecular weight excluding hydrogens is 302 g/mol. The van der Waals surface area contributed by atoms with Crippen molar-refractivity contribution in [3.63, 3.8) is 0 Å². The summed E-state index contributed by atoms with van der Waals surface area (Å²) in [7, 11) is 0. The van der Waals surface area contributed by atoms with E-state index in [-0.39, 0.29) is 12.0 Å². The van der Waals surface area contributed by atoms with Gasteiger partial charge in [0.15, 0.2) is 5.58 Å². The van der Waals surface area contributed by atoms with Crippen LogP contribution in [0.4, 0.5) is 10.8 Å². The Bertz CT molecular complexity index is 812. The minimum absolute atomic E-state index is 0.138. The van der Waals surface area contributed by atoms with Crippen LogP contribution in [-0.4, -0.2) is 11.0 Å². The second-order valence-electron chi connectivity index (χ2n) is 4.92. The molecule has 3 aromatic rings. The summed E-state index contributed by atoms with van der Waals surface area (Å²) in [6, 6.07) is 12.8. The maximum atomic E-state index is 11.8. The first-order valence-corrected chi connectivity index (χ1v) is 7.14. The van der Waals surface area contributed by atoms with Gasteiger partial charge in [0.25, 0.3) is 0 Å². The molecule has 0 aliphatic heterocycles. The smallest absolute Gasteiger partial charge is 0.323 e. The molecule has 1 heterocycles. The lowest BCUT2D eigenvalue weighted by Crippen LogP contribution is -2.28. The van der Waals surface area contributed by atoms with E-state index >= 15 is 0 Å². The Balaban J connectivity index is 1.61. The molecule has 0 aliphatic carbocycles. The van der Waals surface area contributed by atoms with Crippen LogP contribution in [0.2, 0.25) is 5.02 Å². The number of halogens is 1. The van der Waals surface area contributed by atoms with Crippen molar-refractivity contribution < 1.29 is 9.21 Å². The molecule has 0 spiro atoms. The number of carbonyl (C=O) groups excluding carboxylic acids is 1. The van der Waals surface area contributed by atoms with Gasteiger partial charge in [-0.05, 0) is 24.6 Å². The number of aromatic nitrogens is 1. The van der Waals surface area contributed by atoms with Gasteiger partial charge >= 0.3 is 12.0 Å². The molecule has 6 heteroatoms. The first kappa shape index (κ1) is 14.4. The maximum Gasteiger partial charge on any atom is 0.323 e. The van der Waals surface area contributed by atoms with E-state index in [0.29, 0.717) is 22.7 Å². The van der Waals surface area contributed by atoms with Crippen molar-refractivity contribution in [1.82, 2.24) is 10.3 Å². The number of carbonyl (C=O) groups is 1. The van der Waals surface area contributed by atoms with Crippen molar-refractivity contribution in [2.75, 3.05) is 5.32 Å². The van der Waals surface area contributed by atoms with E-state index in [9.17, 15) is 4.79 Å². The normalized spacial score (nSPS) is 10.6. The number of benzene rings is 2. The van der Waals surface area contributed by atoms with E-state index in [0.717, 1.165) is 5.56 Å². The molecule has 5 nitrogen and oxygen atoms in total. The maximum absolute atomic E-state index is 11.8. The van der Waals surface area contributed by atoms with Crippen LogP contribution in [-0.2, 0) is 6.54 Å². The molecule has 2 aromatic carbocycles. The number of nitrogens with one attached hydrogen (secondary N) is 2. The van der Waals surface area contributed by atoms with E-state index in [1.54, 1.807) is 18.2 Å². The number of urea groups is 1. The SMILES string of the molecule is Cc1ccc(CNC(=O)Nc2nc3ccc(Cl)cc3o2)cc1. The molecular formula is C16H14ClN3O2. The number of hydrogen-bond donors (Lipinski definition) is 2. The Kier molecular flexibility index (Phi) is 3.98. The van der Waals surface area contributed by atoms with Crippen molar-refractivity contribution in [1.29, 1.82) is 0 Å². The summed E-state index contributed by atoms with van der Waals surface area (Å²) in [5, 5.41) is 5.86. The second-order valence-corrected chi connectivity index (χ2v) is 5.36. The minimum atomic E-state index is -0.377. The standard InChI is InChI=1S/C16H14ClN3O2/c1-10-2-4-11(5-3-10)9-18-15(21)20-16-19-13-7-6-12(17)8-14(13)22-16/h2-8H,9H2,1H3,(H2,18,19,20,21). The highest BCUT2D eigenvalue weighted by molar-refractivity contribution is 6.31. The number of nitrogens with zero attached hydrogens (tertiary/aromatic N) is 1. The Morgan fingerprint density at radius 1 is 1.23 bits per heavy atom. The van der Waals surface area contributed by atoms with E-state index < -0.39 is 0 Å². The summed E-state index contributed by atoms with van der Waals surface area (Å²) in [5.74, 6) is 0. The lowest BCUT2D eigenvalue weighted by molar-refractivity contribution is 0.251. The number of anilines is 1. The number of oxazole rings is 1. The fraction of sp³-hybridized carbons (Fsp3) is 0.125. The lowest BCUT2D eigenvalue weighted by atomic mass is 10.1. The van der Waals surface area contributed by atoms with E-state index in [4.69, 9.17) is 16.0 Å². The van der Waals surface area contributed by atoms with Crippen molar-refractivity contribution in [2.24, 2.45) is 0 Å². The van der Waals surface area contributed by atoms with Crippen LogP contribution in [0.25, 0.3) is 11.1 Å². The molecule has 0 unspecified atom stereocenters. The Morgan fingerprint density at radius 2 is 2.00 bits per heavy atom. The van der Waals surface area contributed by atoms with Crippen LogP contribution < -0.4 is 10.6 Å². The topological polar surface area (TPSA) is 67.2 Å². The van der Waals surface area contributed by atoms with E-state index in [2.05, 4.69) is 15.6 Å². The van der Waals surface area contributed by atoms with Gasteiger partial charge in [-0.2, -0.15) is 4.98 Å². The largest absolute Gasteiger partial charge is 0.423 e. The van der Waals surface area contributed by atoms with E-state index in [1.165, 1.54) is 5.56 Å². The fourth-order valence-corrected chi connectivity index (χ4v) is 2.14. The molecule has 3 rings (SSSR count). The number of rotatable bonds is 3. The zero-order valence-electron chi connectivity index (χ0n) is 11.9. The Morgan fingerprint density at radius 3 is 2.77 bits per heavy atom. The number of hydrogen-bond acceptors (Lipinski definition) is 3. The fourth-order valence-electron chi connectivity index (χ4n) is 1.98. The third kappa shape index (κ3) is 3.38. The van der Waals surface area contributed by atoms with Gasteiger partial charge < -0.3 is 9.73 Å². The summed E-state index contributed by atoms with van der Waals surface area (Å²) >= 11 is 5.87. The van der Waals surface area contributed by atoms with Crippen molar-refractivity contribution in [3.8, 4) is 0 Å². The van der Waals surface area contributed by atoms with Crippen LogP contribution in [0, 0.1) is 6.92 Å². The average molecular weight is 316 g/mol. The molecule has 2 amide bonds. The third-order valence-corrected chi connectivity index (χ3v) is 3.38. The van der Waals surface area contributed by atoms with Crippen LogP contribution in [0.5, 0.6) is 0 Å². The van der Waals surface area contributed by atoms with Crippen molar-refractivity contribution in [2.45, 2.75) is 13.5 Å². The molecule has 0 fully saturated rings. The predicted octanol–water partition coefficient (Wildman–Crippen LogP) is 4.11. The second kappa shape index (κ2) is 6.07. The monoisotopic (exact) mass is 315 g/mol. The Hall–Kier alpha value is -2.53. The number of amides is 2. The quantitative estimate of drug-likeness (QED) is 0.764. The molecule has 1 aromatic heterocycles. The van der Waals surface area contributed by atoms with Gasteiger partial charge in [0, 0.05) is 17.6 Å². The summed E-state index contributed by atoms with van der Waals surface area (Å²) in [6.07, 6.45) is 0. The molecule has 22 heavy (non-hydrogen) atoms. The molecule has 0 atom stereocenters. The number of fused-ring (bicyclic) bond motifs is 1. The van der Waals surface area contributed by atoms with E-state index in [1.807, 2.05) is 31.2 Å². The zero-order valence-corrected chi connectivity index (χ0v) is 12.6. The van der Waals surface area contributed by atoms with Crippen molar-refractivity contribution >= 4 is 34.7 Å². The zero-order chi connectivity index (χ0) is 15.5. The van der Waals surface area contributed by atoms with Crippen molar-refractivity contribution in [3.05, 3.63) is 58.6 Å². The Labute approximate surface area is 132 Å². The molecule has 2 N–H and O–H groups in total. The summed E-state index contributed by atoms with van der Waals surface area (Å²) < 4.78 is 5.42. The molecule has 0 saturated heterocycles. The average Bonchev–Trinajstić information content (AvgIpc) is 2.88. The minimum Gasteiger partial charge on any atom is -0.423 e. The number of aryl methyl sites for hydroxylation is 1. The van der Waals surface area contributed by atoms with Crippen LogP contribution >= 0.6 is 11.6 Å². The van der Waals surface area contributed by atoms with Crippen LogP contribution in [0.15, 0.2) is 46.9 Å². The predicted molar refractivity (Wildman–Crippen MR) is 86.1 cm³/mol. The van der Waals surface area contributed by atoms with Gasteiger partial charge in [-0.15, -0.1) is 0 Å². The van der Waals surface area contributed by atoms with Crippen LogP contribution in [0.3, 0.4) is 0 Å². The molecule has 0 saturated carbocycles. The summed E-state index contributed by atoms with van der Waals surface area (Å²) in [4.78, 5) is 16.0. The first-order valence-electron chi connectivity index (χ1n) is 6.77. The van der Waals surface area contributed by atoms with Gasteiger partial charge in [0.1, 0.15) is 5.52 Å². The third-order valence-electron chi connectivity index (χ3n) is 3.14. The van der Waals surface area contributed by atoms with Crippen LogP contribution in [0.1, 0.15) is 11.1 Å².